The fourth-order valence-electron chi connectivity index (χ4n) is 1.70. The highest BCUT2D eigenvalue weighted by atomic mass is 19.4. The minimum absolute atomic E-state index is 0.341. The van der Waals surface area contributed by atoms with Crippen LogP contribution in [0, 0.1) is 6.92 Å². The average molecular weight is 253 g/mol. The molecule has 1 aromatic heterocycles. The van der Waals surface area contributed by atoms with Crippen molar-refractivity contribution in [2.75, 3.05) is 0 Å². The van der Waals surface area contributed by atoms with E-state index < -0.39 is 17.5 Å². The number of phenols is 1. The normalized spacial score (nSPS) is 11.6. The Morgan fingerprint density at radius 2 is 1.83 bits per heavy atom. The summed E-state index contributed by atoms with van der Waals surface area (Å²) in [7, 11) is 0. The first kappa shape index (κ1) is 12.4. The van der Waals surface area contributed by atoms with Crippen LogP contribution in [0.4, 0.5) is 13.2 Å². The third-order valence-corrected chi connectivity index (χ3v) is 2.62. The first-order valence-corrected chi connectivity index (χ1v) is 5.22. The second-order valence-electron chi connectivity index (χ2n) is 3.87. The molecule has 0 spiro atoms. The Kier molecular flexibility index (Phi) is 2.98. The van der Waals surface area contributed by atoms with E-state index in [0.717, 1.165) is 12.1 Å². The summed E-state index contributed by atoms with van der Waals surface area (Å²) in [6, 6.07) is 6.29. The Hall–Kier alpha value is -2.04. The summed E-state index contributed by atoms with van der Waals surface area (Å²) in [5, 5.41) is 9.70. The van der Waals surface area contributed by atoms with Crippen molar-refractivity contribution in [1.82, 2.24) is 4.98 Å². The molecule has 0 bridgehead atoms. The van der Waals surface area contributed by atoms with E-state index in [1.165, 1.54) is 6.07 Å². The van der Waals surface area contributed by atoms with Crippen molar-refractivity contribution < 1.29 is 18.3 Å². The van der Waals surface area contributed by atoms with E-state index in [1.54, 1.807) is 25.3 Å². The van der Waals surface area contributed by atoms with Gasteiger partial charge in [0.05, 0.1) is 5.56 Å². The van der Waals surface area contributed by atoms with E-state index in [4.69, 9.17) is 0 Å². The van der Waals surface area contributed by atoms with Gasteiger partial charge in [0, 0.05) is 23.0 Å². The SMILES string of the molecule is Cc1ncccc1-c1ccc(C(F)(F)F)cc1O. The molecular weight excluding hydrogens is 243 g/mol. The van der Waals surface area contributed by atoms with E-state index in [0.29, 0.717) is 16.8 Å². The van der Waals surface area contributed by atoms with E-state index in [2.05, 4.69) is 4.98 Å². The van der Waals surface area contributed by atoms with Crippen molar-refractivity contribution in [2.24, 2.45) is 0 Å². The summed E-state index contributed by atoms with van der Waals surface area (Å²) >= 11 is 0. The number of phenolic OH excluding ortho intramolecular Hbond substituents is 1. The van der Waals surface area contributed by atoms with Gasteiger partial charge in [0.1, 0.15) is 5.75 Å². The summed E-state index contributed by atoms with van der Waals surface area (Å²) in [4.78, 5) is 4.03. The molecular formula is C13H10F3NO. The lowest BCUT2D eigenvalue weighted by atomic mass is 10.0. The maximum absolute atomic E-state index is 12.5. The molecule has 94 valence electrons. The van der Waals surface area contributed by atoms with Gasteiger partial charge in [-0.2, -0.15) is 13.2 Å². The van der Waals surface area contributed by atoms with Crippen molar-refractivity contribution in [3.05, 3.63) is 47.8 Å². The van der Waals surface area contributed by atoms with Gasteiger partial charge in [0.2, 0.25) is 0 Å². The lowest BCUT2D eigenvalue weighted by molar-refractivity contribution is -0.137. The number of halogens is 3. The van der Waals surface area contributed by atoms with Gasteiger partial charge >= 0.3 is 6.18 Å². The number of nitrogens with zero attached hydrogens (tertiary/aromatic N) is 1. The zero-order valence-electron chi connectivity index (χ0n) is 9.49. The van der Waals surface area contributed by atoms with E-state index >= 15 is 0 Å². The highest BCUT2D eigenvalue weighted by molar-refractivity contribution is 5.72. The maximum Gasteiger partial charge on any atom is 0.416 e. The van der Waals surface area contributed by atoms with Crippen molar-refractivity contribution in [1.29, 1.82) is 0 Å². The van der Waals surface area contributed by atoms with Crippen LogP contribution in [-0.4, -0.2) is 10.1 Å². The van der Waals surface area contributed by atoms with E-state index in [9.17, 15) is 18.3 Å². The lowest BCUT2D eigenvalue weighted by Gasteiger charge is -2.11. The van der Waals surface area contributed by atoms with Crippen LogP contribution in [0.15, 0.2) is 36.5 Å². The first-order chi connectivity index (χ1) is 8.39. The summed E-state index contributed by atoms with van der Waals surface area (Å²) < 4.78 is 37.4. The van der Waals surface area contributed by atoms with Gasteiger partial charge in [-0.15, -0.1) is 0 Å². The number of aromatic nitrogens is 1. The second kappa shape index (κ2) is 4.33. The molecule has 0 aliphatic rings. The second-order valence-corrected chi connectivity index (χ2v) is 3.87. The summed E-state index contributed by atoms with van der Waals surface area (Å²) in [6.07, 6.45) is -2.88. The molecule has 0 aliphatic carbocycles. The van der Waals surface area contributed by atoms with Gasteiger partial charge < -0.3 is 5.11 Å². The van der Waals surface area contributed by atoms with Crippen molar-refractivity contribution in [3.8, 4) is 16.9 Å². The van der Waals surface area contributed by atoms with Gasteiger partial charge in [0.15, 0.2) is 0 Å². The van der Waals surface area contributed by atoms with Crippen molar-refractivity contribution >= 4 is 0 Å². The smallest absolute Gasteiger partial charge is 0.416 e. The minimum atomic E-state index is -4.46. The van der Waals surface area contributed by atoms with E-state index in [1.807, 2.05) is 0 Å². The van der Waals surface area contributed by atoms with Crippen LogP contribution >= 0.6 is 0 Å². The Labute approximate surface area is 102 Å². The third-order valence-electron chi connectivity index (χ3n) is 2.62. The number of alkyl halides is 3. The minimum Gasteiger partial charge on any atom is -0.507 e. The largest absolute Gasteiger partial charge is 0.507 e. The molecule has 0 fully saturated rings. The molecule has 2 aromatic rings. The average Bonchev–Trinajstić information content (AvgIpc) is 2.29. The molecule has 0 unspecified atom stereocenters. The number of benzene rings is 1. The monoisotopic (exact) mass is 253 g/mol. The van der Waals surface area contributed by atoms with E-state index in [-0.39, 0.29) is 0 Å². The lowest BCUT2D eigenvalue weighted by Crippen LogP contribution is -2.04. The molecule has 0 amide bonds. The summed E-state index contributed by atoms with van der Waals surface area (Å²) in [6.45, 7) is 1.73. The molecule has 1 heterocycles. The molecule has 2 nitrogen and oxygen atoms in total. The predicted molar refractivity (Wildman–Crippen MR) is 61.1 cm³/mol. The Morgan fingerprint density at radius 1 is 1.11 bits per heavy atom. The molecule has 5 heteroatoms. The Bertz CT molecular complexity index is 579. The predicted octanol–water partition coefficient (Wildman–Crippen LogP) is 3.78. The molecule has 0 saturated carbocycles. The van der Waals surface area contributed by atoms with Gasteiger partial charge in [-0.05, 0) is 31.2 Å². The van der Waals surface area contributed by atoms with Gasteiger partial charge in [-0.25, -0.2) is 0 Å². The molecule has 0 radical (unpaired) electrons. The van der Waals surface area contributed by atoms with Crippen LogP contribution in [0.2, 0.25) is 0 Å². The molecule has 1 N–H and O–H groups in total. The zero-order valence-corrected chi connectivity index (χ0v) is 9.49. The van der Waals surface area contributed by atoms with Crippen molar-refractivity contribution in [2.45, 2.75) is 13.1 Å². The number of hydrogen-bond donors (Lipinski definition) is 1. The fourth-order valence-corrected chi connectivity index (χ4v) is 1.70. The molecule has 0 aliphatic heterocycles. The summed E-state index contributed by atoms with van der Waals surface area (Å²) in [5.41, 5.74) is 0.732. The van der Waals surface area contributed by atoms with Crippen LogP contribution in [0.5, 0.6) is 5.75 Å². The van der Waals surface area contributed by atoms with Crippen LogP contribution < -0.4 is 0 Å². The molecule has 0 atom stereocenters. The first-order valence-electron chi connectivity index (χ1n) is 5.22. The quantitative estimate of drug-likeness (QED) is 0.838. The Balaban J connectivity index is 2.52. The highest BCUT2D eigenvalue weighted by Gasteiger charge is 2.31. The molecule has 2 rings (SSSR count). The maximum atomic E-state index is 12.5. The van der Waals surface area contributed by atoms with Crippen molar-refractivity contribution in [3.63, 3.8) is 0 Å². The number of rotatable bonds is 1. The number of hydrogen-bond acceptors (Lipinski definition) is 2. The van der Waals surface area contributed by atoms with Crippen LogP contribution in [-0.2, 0) is 6.18 Å². The highest BCUT2D eigenvalue weighted by Crippen LogP contribution is 2.36. The molecule has 18 heavy (non-hydrogen) atoms. The summed E-state index contributed by atoms with van der Waals surface area (Å²) in [5.74, 6) is -0.402. The molecule has 0 saturated heterocycles. The van der Waals surface area contributed by atoms with Crippen LogP contribution in [0.1, 0.15) is 11.3 Å². The van der Waals surface area contributed by atoms with Gasteiger partial charge in [-0.1, -0.05) is 6.07 Å². The number of aryl methyl sites for hydroxylation is 1. The Morgan fingerprint density at radius 3 is 2.39 bits per heavy atom. The van der Waals surface area contributed by atoms with Crippen LogP contribution in [0.25, 0.3) is 11.1 Å². The topological polar surface area (TPSA) is 33.1 Å². The standard InChI is InChI=1S/C13H10F3NO/c1-8-10(3-2-6-17-8)11-5-4-9(7-12(11)18)13(14,15)16/h2-7,18H,1H3. The fraction of sp³-hybridized carbons (Fsp3) is 0.154. The third kappa shape index (κ3) is 2.30. The van der Waals surface area contributed by atoms with Gasteiger partial charge in [0.25, 0.3) is 0 Å². The van der Waals surface area contributed by atoms with Gasteiger partial charge in [-0.3, -0.25) is 4.98 Å². The zero-order chi connectivity index (χ0) is 13.3. The molecule has 1 aromatic carbocycles. The van der Waals surface area contributed by atoms with Crippen LogP contribution in [0.3, 0.4) is 0 Å². The number of pyridine rings is 1. The number of aromatic hydroxyl groups is 1.